The number of aromatic nitrogens is 2. The van der Waals surface area contributed by atoms with Crippen LogP contribution in [0.4, 0.5) is 0 Å². The molecule has 4 nitrogen and oxygen atoms in total. The van der Waals surface area contributed by atoms with E-state index in [9.17, 15) is 10.5 Å². The Kier molecular flexibility index (Phi) is 6.49. The number of hydrogen-bond acceptors (Lipinski definition) is 2. The van der Waals surface area contributed by atoms with Crippen LogP contribution in [0.5, 0.6) is 0 Å². The van der Waals surface area contributed by atoms with Crippen LogP contribution >= 0.6 is 0 Å². The minimum absolute atomic E-state index is 0.613. The highest BCUT2D eigenvalue weighted by molar-refractivity contribution is 5.94. The zero-order valence-corrected chi connectivity index (χ0v) is 26.3. The summed E-state index contributed by atoms with van der Waals surface area (Å²) < 4.78 is 4.61. The fourth-order valence-electron chi connectivity index (χ4n) is 7.79. The van der Waals surface area contributed by atoms with Crippen LogP contribution in [0.2, 0.25) is 0 Å². The van der Waals surface area contributed by atoms with Gasteiger partial charge in [0.2, 0.25) is 0 Å². The molecule has 48 heavy (non-hydrogen) atoms. The van der Waals surface area contributed by atoms with E-state index in [-0.39, 0.29) is 0 Å². The molecule has 2 aromatic heterocycles. The van der Waals surface area contributed by atoms with Gasteiger partial charge in [0.1, 0.15) is 6.07 Å². The highest BCUT2D eigenvalue weighted by Gasteiger charge is 2.23. The number of rotatable bonds is 4. The first-order valence-electron chi connectivity index (χ1n) is 16.5. The third kappa shape index (κ3) is 4.28. The Labute approximate surface area is 279 Å². The zero-order valence-electron chi connectivity index (χ0n) is 26.3. The molecule has 0 amide bonds. The Bertz CT molecular complexity index is 2570. The molecule has 0 saturated carbocycles. The first-order chi connectivity index (χ1) is 23.7. The predicted molar refractivity (Wildman–Crippen MR) is 195 cm³/mol. The molecule has 0 fully saturated rings. The van der Waals surface area contributed by atoms with Crippen molar-refractivity contribution in [3.05, 3.63) is 155 Å². The summed E-state index contributed by atoms with van der Waals surface area (Å²) in [6.45, 7) is 0. The molecule has 0 spiro atoms. The maximum absolute atomic E-state index is 10.4. The van der Waals surface area contributed by atoms with Gasteiger partial charge in [0.25, 0.3) is 0 Å². The van der Waals surface area contributed by atoms with Gasteiger partial charge in [-0.25, -0.2) is 0 Å². The van der Waals surface area contributed by atoms with E-state index < -0.39 is 0 Å². The topological polar surface area (TPSA) is 57.4 Å². The molecule has 2 heterocycles. The fraction of sp³-hybridized carbons (Fsp3) is 0.0909. The molecule has 0 unspecified atom stereocenters. The molecule has 0 atom stereocenters. The van der Waals surface area contributed by atoms with Crippen LogP contribution in [0.1, 0.15) is 46.5 Å². The molecular formula is C44H30N4. The van der Waals surface area contributed by atoms with Crippen molar-refractivity contribution in [1.29, 1.82) is 10.5 Å². The van der Waals surface area contributed by atoms with Gasteiger partial charge in [-0.1, -0.05) is 72.8 Å². The van der Waals surface area contributed by atoms with Crippen LogP contribution in [0.15, 0.2) is 121 Å². The first kappa shape index (κ1) is 27.9. The molecule has 2 aliphatic carbocycles. The molecular weight excluding hydrogens is 585 g/mol. The second-order valence-electron chi connectivity index (χ2n) is 12.6. The zero-order chi connectivity index (χ0) is 32.2. The second-order valence-corrected chi connectivity index (χ2v) is 12.6. The van der Waals surface area contributed by atoms with E-state index in [1.54, 1.807) is 0 Å². The quantitative estimate of drug-likeness (QED) is 0.198. The first-order valence-corrected chi connectivity index (χ1v) is 16.5. The standard InChI is InChI=1S/C44H30N4/c45-27-29-19-24-43-39(25-29)38-14-3-6-18-42(38)48(43)44-33(28-46)11-8-15-35(44)32-10-7-9-31(26-32)30-20-22-34(23-21-30)47-40-16-4-1-12-36(40)37-13-2-5-17-41(37)47/h1,4-12,15-26H,2-3,13-14H2. The summed E-state index contributed by atoms with van der Waals surface area (Å²) in [6, 6.07) is 42.8. The van der Waals surface area contributed by atoms with E-state index in [0.717, 1.165) is 75.9 Å². The lowest BCUT2D eigenvalue weighted by Crippen LogP contribution is -2.04. The molecule has 7 aromatic rings. The lowest BCUT2D eigenvalue weighted by atomic mass is 9.95. The highest BCUT2D eigenvalue weighted by Crippen LogP contribution is 2.40. The summed E-state index contributed by atoms with van der Waals surface area (Å²) in [5.41, 5.74) is 14.8. The van der Waals surface area contributed by atoms with Crippen LogP contribution in [-0.4, -0.2) is 9.13 Å². The Balaban J connectivity index is 1.17. The summed E-state index contributed by atoms with van der Waals surface area (Å²) in [5, 5.41) is 22.5. The van der Waals surface area contributed by atoms with E-state index in [0.29, 0.717) is 11.1 Å². The average molecular weight is 615 g/mol. The van der Waals surface area contributed by atoms with Gasteiger partial charge in [-0.15, -0.1) is 0 Å². The number of nitriles is 2. The lowest BCUT2D eigenvalue weighted by molar-refractivity contribution is 0.967. The number of fused-ring (bicyclic) bond motifs is 6. The Hall–Kier alpha value is -6.36. The van der Waals surface area contributed by atoms with Crippen LogP contribution in [-0.2, 0) is 12.8 Å². The minimum atomic E-state index is 0.613. The molecule has 0 bridgehead atoms. The van der Waals surface area contributed by atoms with Crippen LogP contribution < -0.4 is 0 Å². The number of benzene rings is 5. The molecule has 226 valence electrons. The summed E-state index contributed by atoms with van der Waals surface area (Å²) in [4.78, 5) is 0. The molecule has 0 saturated heterocycles. The van der Waals surface area contributed by atoms with Crippen molar-refractivity contribution in [2.75, 3.05) is 0 Å². The van der Waals surface area contributed by atoms with Crippen molar-refractivity contribution in [2.45, 2.75) is 25.7 Å². The van der Waals surface area contributed by atoms with Crippen molar-refractivity contribution in [2.24, 2.45) is 0 Å². The van der Waals surface area contributed by atoms with Gasteiger partial charge in [0.05, 0.1) is 33.9 Å². The second kappa shape index (κ2) is 11.2. The monoisotopic (exact) mass is 614 g/mol. The van der Waals surface area contributed by atoms with Crippen LogP contribution in [0.25, 0.3) is 67.6 Å². The number of aryl methyl sites for hydroxylation is 2. The molecule has 9 rings (SSSR count). The minimum Gasteiger partial charge on any atom is -0.310 e. The smallest absolute Gasteiger partial charge is 0.101 e. The summed E-state index contributed by atoms with van der Waals surface area (Å²) in [7, 11) is 0. The third-order valence-corrected chi connectivity index (χ3v) is 9.95. The van der Waals surface area contributed by atoms with Gasteiger partial charge in [-0.3, -0.25) is 0 Å². The van der Waals surface area contributed by atoms with E-state index >= 15 is 0 Å². The van der Waals surface area contributed by atoms with Crippen molar-refractivity contribution in [1.82, 2.24) is 9.13 Å². The van der Waals surface area contributed by atoms with Crippen molar-refractivity contribution < 1.29 is 0 Å². The normalized spacial score (nSPS) is 13.3. The van der Waals surface area contributed by atoms with E-state index in [1.807, 2.05) is 30.3 Å². The lowest BCUT2D eigenvalue weighted by Gasteiger charge is -2.18. The van der Waals surface area contributed by atoms with Gasteiger partial charge in [-0.05, 0) is 114 Å². The molecule has 0 N–H and O–H groups in total. The number of allylic oxidation sites excluding steroid dienone is 2. The highest BCUT2D eigenvalue weighted by atomic mass is 15.0. The van der Waals surface area contributed by atoms with Crippen molar-refractivity contribution in [3.63, 3.8) is 0 Å². The summed E-state index contributed by atoms with van der Waals surface area (Å²) in [6.07, 6.45) is 12.9. The average Bonchev–Trinajstić information content (AvgIpc) is 3.67. The van der Waals surface area contributed by atoms with Crippen molar-refractivity contribution in [3.8, 4) is 45.8 Å². The van der Waals surface area contributed by atoms with E-state index in [2.05, 4.69) is 124 Å². The maximum Gasteiger partial charge on any atom is 0.101 e. The fourth-order valence-corrected chi connectivity index (χ4v) is 7.79. The van der Waals surface area contributed by atoms with E-state index in [1.165, 1.54) is 27.7 Å². The Morgan fingerprint density at radius 2 is 1.25 bits per heavy atom. The summed E-state index contributed by atoms with van der Waals surface area (Å²) in [5.74, 6) is 0. The molecule has 2 aliphatic rings. The van der Waals surface area contributed by atoms with Crippen molar-refractivity contribution >= 4 is 34.0 Å². The maximum atomic E-state index is 10.4. The van der Waals surface area contributed by atoms with Gasteiger partial charge in [-0.2, -0.15) is 10.5 Å². The molecule has 0 aliphatic heterocycles. The van der Waals surface area contributed by atoms with Crippen LogP contribution in [0, 0.1) is 22.7 Å². The van der Waals surface area contributed by atoms with Gasteiger partial charge in [0, 0.05) is 33.4 Å². The third-order valence-electron chi connectivity index (χ3n) is 9.95. The largest absolute Gasteiger partial charge is 0.310 e. The SMILES string of the molecule is N#Cc1ccc2c(c1)c1c(n2-c2c(C#N)cccc2-c2cccc(-c3ccc(-n4c5c(c6ccccc64)CCC=C5)cc3)c2)C=CCC1. The van der Waals surface area contributed by atoms with Gasteiger partial charge in [0.15, 0.2) is 0 Å². The number of hydrogen-bond donors (Lipinski definition) is 0. The number of para-hydroxylation sites is 2. The van der Waals surface area contributed by atoms with Gasteiger partial charge < -0.3 is 9.13 Å². The van der Waals surface area contributed by atoms with Gasteiger partial charge >= 0.3 is 0 Å². The number of nitrogens with zero attached hydrogens (tertiary/aromatic N) is 4. The Morgan fingerprint density at radius 3 is 2.04 bits per heavy atom. The predicted octanol–water partition coefficient (Wildman–Crippen LogP) is 10.6. The molecule has 5 aromatic carbocycles. The molecule has 0 radical (unpaired) electrons. The van der Waals surface area contributed by atoms with E-state index in [4.69, 9.17) is 0 Å². The Morgan fingerprint density at radius 1 is 0.542 bits per heavy atom. The summed E-state index contributed by atoms with van der Waals surface area (Å²) >= 11 is 0. The molecule has 4 heteroatoms. The van der Waals surface area contributed by atoms with Crippen LogP contribution in [0.3, 0.4) is 0 Å².